The second kappa shape index (κ2) is 12.5. The van der Waals surface area contributed by atoms with Crippen molar-refractivity contribution in [2.24, 2.45) is 0 Å². The molecule has 0 aliphatic heterocycles. The molecule has 0 aliphatic carbocycles. The van der Waals surface area contributed by atoms with Crippen LogP contribution in [0.4, 0.5) is 0 Å². The van der Waals surface area contributed by atoms with Crippen molar-refractivity contribution in [2.75, 3.05) is 5.75 Å². The predicted molar refractivity (Wildman–Crippen MR) is 122 cm³/mol. The van der Waals surface area contributed by atoms with E-state index in [0.29, 0.717) is 0 Å². The smallest absolute Gasteiger partial charge is 0.0121 e. The van der Waals surface area contributed by atoms with E-state index in [1.165, 1.54) is 78.7 Å². The van der Waals surface area contributed by atoms with Gasteiger partial charge in [0.05, 0.1) is 0 Å². The lowest BCUT2D eigenvalue weighted by molar-refractivity contribution is 0.667. The molecule has 2 rings (SSSR count). The van der Waals surface area contributed by atoms with E-state index >= 15 is 0 Å². The van der Waals surface area contributed by atoms with E-state index in [2.05, 4.69) is 56.3 Å². The van der Waals surface area contributed by atoms with Crippen LogP contribution in [0, 0.1) is 0 Å². The first-order valence-electron chi connectivity index (χ1n) is 10.3. The molecule has 0 radical (unpaired) electrons. The van der Waals surface area contributed by atoms with Gasteiger partial charge in [-0.25, -0.2) is 0 Å². The van der Waals surface area contributed by atoms with Crippen LogP contribution in [0.1, 0.15) is 70.8 Å². The Bertz CT molecular complexity index is 631. The summed E-state index contributed by atoms with van der Waals surface area (Å²) in [6.45, 7) is 4.53. The Morgan fingerprint density at radius 1 is 0.769 bits per heavy atom. The number of rotatable bonds is 12. The molecule has 0 aromatic heterocycles. The Hall–Kier alpha value is -0.860. The zero-order valence-electron chi connectivity index (χ0n) is 16.5. The van der Waals surface area contributed by atoms with Crippen molar-refractivity contribution in [1.82, 2.24) is 0 Å². The first kappa shape index (κ1) is 21.4. The molecule has 26 heavy (non-hydrogen) atoms. The van der Waals surface area contributed by atoms with Gasteiger partial charge in [-0.15, -0.1) is 24.4 Å². The molecular formula is C24H34S2. The summed E-state index contributed by atoms with van der Waals surface area (Å²) >= 11 is 6.74. The Labute approximate surface area is 170 Å². The van der Waals surface area contributed by atoms with E-state index < -0.39 is 0 Å². The molecule has 0 saturated heterocycles. The minimum absolute atomic E-state index is 1.10. The molecule has 2 aromatic carbocycles. The van der Waals surface area contributed by atoms with Crippen LogP contribution in [0.5, 0.6) is 0 Å². The van der Waals surface area contributed by atoms with Crippen molar-refractivity contribution < 1.29 is 0 Å². The van der Waals surface area contributed by atoms with Gasteiger partial charge in [0, 0.05) is 9.79 Å². The highest BCUT2D eigenvalue weighted by Gasteiger charge is 2.09. The first-order valence-corrected chi connectivity index (χ1v) is 11.7. The van der Waals surface area contributed by atoms with Gasteiger partial charge in [-0.05, 0) is 59.9 Å². The minimum atomic E-state index is 1.10. The summed E-state index contributed by atoms with van der Waals surface area (Å²) in [6, 6.07) is 15.6. The second-order valence-corrected chi connectivity index (χ2v) is 8.71. The van der Waals surface area contributed by atoms with Crippen LogP contribution in [0.25, 0.3) is 11.1 Å². The highest BCUT2D eigenvalue weighted by Crippen LogP contribution is 2.33. The van der Waals surface area contributed by atoms with E-state index in [-0.39, 0.29) is 0 Å². The molecule has 0 aliphatic rings. The van der Waals surface area contributed by atoms with Gasteiger partial charge in [-0.1, -0.05) is 76.6 Å². The fourth-order valence-electron chi connectivity index (χ4n) is 3.31. The van der Waals surface area contributed by atoms with Gasteiger partial charge in [0.1, 0.15) is 0 Å². The van der Waals surface area contributed by atoms with Gasteiger partial charge in [-0.2, -0.15) is 0 Å². The molecule has 0 saturated carbocycles. The average molecular weight is 387 g/mol. The standard InChI is InChI=1S/C24H34S2/c1-3-5-7-9-12-20-13-11-14-23(25)24(20)21-15-17-22(18-16-21)26-19-10-8-6-4-2/h11,13-18,25H,3-10,12,19H2,1-2H3. The van der Waals surface area contributed by atoms with E-state index in [4.69, 9.17) is 12.6 Å². The number of aryl methyl sites for hydroxylation is 1. The van der Waals surface area contributed by atoms with Gasteiger partial charge in [0.2, 0.25) is 0 Å². The van der Waals surface area contributed by atoms with Gasteiger partial charge in [-0.3, -0.25) is 0 Å². The van der Waals surface area contributed by atoms with Gasteiger partial charge in [0.25, 0.3) is 0 Å². The highest BCUT2D eigenvalue weighted by molar-refractivity contribution is 7.99. The molecule has 0 fully saturated rings. The lowest BCUT2D eigenvalue weighted by Crippen LogP contribution is -1.93. The maximum absolute atomic E-state index is 4.75. The maximum atomic E-state index is 4.75. The number of thioether (sulfide) groups is 1. The third-order valence-electron chi connectivity index (χ3n) is 4.84. The molecule has 0 N–H and O–H groups in total. The molecular weight excluding hydrogens is 352 g/mol. The lowest BCUT2D eigenvalue weighted by Gasteiger charge is -2.13. The Morgan fingerprint density at radius 2 is 1.46 bits per heavy atom. The monoisotopic (exact) mass is 386 g/mol. The molecule has 0 spiro atoms. The molecule has 0 amide bonds. The van der Waals surface area contributed by atoms with Crippen molar-refractivity contribution in [2.45, 2.75) is 81.4 Å². The zero-order valence-corrected chi connectivity index (χ0v) is 18.2. The molecule has 2 heteroatoms. The van der Waals surface area contributed by atoms with Gasteiger partial charge < -0.3 is 0 Å². The SMILES string of the molecule is CCCCCCSc1ccc(-c2c(S)cccc2CCCCCC)cc1. The summed E-state index contributed by atoms with van der Waals surface area (Å²) in [5, 5.41) is 0. The molecule has 0 nitrogen and oxygen atoms in total. The third kappa shape index (κ3) is 7.04. The summed E-state index contributed by atoms with van der Waals surface area (Å²) in [5.74, 6) is 1.23. The lowest BCUT2D eigenvalue weighted by atomic mass is 9.95. The van der Waals surface area contributed by atoms with Crippen LogP contribution in [-0.4, -0.2) is 5.75 Å². The Balaban J connectivity index is 2.01. The quantitative estimate of drug-likeness (QED) is 0.217. The largest absolute Gasteiger partial charge is 0.143 e. The van der Waals surface area contributed by atoms with Crippen molar-refractivity contribution in [1.29, 1.82) is 0 Å². The predicted octanol–water partition coefficient (Wildman–Crippen LogP) is 8.44. The third-order valence-corrected chi connectivity index (χ3v) is 6.31. The van der Waals surface area contributed by atoms with Crippen molar-refractivity contribution in [3.63, 3.8) is 0 Å². The van der Waals surface area contributed by atoms with Crippen LogP contribution >= 0.6 is 24.4 Å². The minimum Gasteiger partial charge on any atom is -0.143 e. The molecule has 142 valence electrons. The van der Waals surface area contributed by atoms with E-state index in [9.17, 15) is 0 Å². The van der Waals surface area contributed by atoms with Gasteiger partial charge >= 0.3 is 0 Å². The summed E-state index contributed by atoms with van der Waals surface area (Å²) in [7, 11) is 0. The summed E-state index contributed by atoms with van der Waals surface area (Å²) in [5.41, 5.74) is 4.07. The normalized spacial score (nSPS) is 11.0. The number of hydrogen-bond donors (Lipinski definition) is 1. The van der Waals surface area contributed by atoms with Crippen LogP contribution in [0.2, 0.25) is 0 Å². The first-order chi connectivity index (χ1) is 12.8. The zero-order chi connectivity index (χ0) is 18.6. The second-order valence-electron chi connectivity index (χ2n) is 7.06. The van der Waals surface area contributed by atoms with Crippen LogP contribution in [-0.2, 0) is 6.42 Å². The van der Waals surface area contributed by atoms with Crippen LogP contribution < -0.4 is 0 Å². The fourth-order valence-corrected chi connectivity index (χ4v) is 4.58. The van der Waals surface area contributed by atoms with E-state index in [1.807, 2.05) is 11.8 Å². The average Bonchev–Trinajstić information content (AvgIpc) is 2.66. The van der Waals surface area contributed by atoms with Crippen LogP contribution in [0.3, 0.4) is 0 Å². The topological polar surface area (TPSA) is 0 Å². The Kier molecular flexibility index (Phi) is 10.3. The van der Waals surface area contributed by atoms with E-state index in [1.54, 1.807) is 0 Å². The van der Waals surface area contributed by atoms with Crippen molar-refractivity contribution >= 4 is 24.4 Å². The number of thiol groups is 1. The van der Waals surface area contributed by atoms with Crippen molar-refractivity contribution in [3.05, 3.63) is 48.0 Å². The summed E-state index contributed by atoms with van der Waals surface area (Å²) in [6.07, 6.45) is 11.7. The number of hydrogen-bond acceptors (Lipinski definition) is 2. The van der Waals surface area contributed by atoms with E-state index in [0.717, 1.165) is 11.3 Å². The summed E-state index contributed by atoms with van der Waals surface area (Å²) < 4.78 is 0. The molecule has 0 unspecified atom stereocenters. The van der Waals surface area contributed by atoms with Crippen molar-refractivity contribution in [3.8, 4) is 11.1 Å². The fraction of sp³-hybridized carbons (Fsp3) is 0.500. The van der Waals surface area contributed by atoms with Crippen LogP contribution in [0.15, 0.2) is 52.3 Å². The number of benzene rings is 2. The summed E-state index contributed by atoms with van der Waals surface area (Å²) in [4.78, 5) is 2.48. The maximum Gasteiger partial charge on any atom is 0.0121 e. The number of unbranched alkanes of at least 4 members (excludes halogenated alkanes) is 6. The molecule has 2 aromatic rings. The molecule has 0 heterocycles. The van der Waals surface area contributed by atoms with Gasteiger partial charge in [0.15, 0.2) is 0 Å². The molecule has 0 bridgehead atoms. The highest BCUT2D eigenvalue weighted by atomic mass is 32.2. The molecule has 0 atom stereocenters. The Morgan fingerprint density at radius 3 is 2.15 bits per heavy atom.